The molecule has 1 aliphatic heterocycles. The summed E-state index contributed by atoms with van der Waals surface area (Å²) in [4.78, 5) is 27.4. The van der Waals surface area contributed by atoms with Crippen molar-refractivity contribution < 1.29 is 14.3 Å². The van der Waals surface area contributed by atoms with E-state index in [-0.39, 0.29) is 11.8 Å². The number of carbonyl (C=O) groups is 2. The third-order valence-corrected chi connectivity index (χ3v) is 6.03. The molecule has 0 spiro atoms. The molecule has 1 aliphatic carbocycles. The van der Waals surface area contributed by atoms with Gasteiger partial charge in [-0.15, -0.1) is 0 Å². The molecule has 158 valence electrons. The van der Waals surface area contributed by atoms with E-state index in [2.05, 4.69) is 5.32 Å². The zero-order valence-corrected chi connectivity index (χ0v) is 17.4. The quantitative estimate of drug-likeness (QED) is 0.742. The van der Waals surface area contributed by atoms with Crippen LogP contribution in [0.3, 0.4) is 0 Å². The number of piperidine rings is 1. The summed E-state index contributed by atoms with van der Waals surface area (Å²) in [6.45, 7) is 1.05. The van der Waals surface area contributed by atoms with Crippen molar-refractivity contribution in [1.29, 1.82) is 0 Å². The summed E-state index contributed by atoms with van der Waals surface area (Å²) in [5.41, 5.74) is 1.87. The SMILES string of the molecule is O=C(NCc1ccc(OC2CCCC2)cc1)C(c1ccccc1)N1CCCCC1=O. The van der Waals surface area contributed by atoms with Gasteiger partial charge in [0.2, 0.25) is 11.8 Å². The van der Waals surface area contributed by atoms with E-state index in [0.717, 1.165) is 42.6 Å². The third-order valence-electron chi connectivity index (χ3n) is 6.03. The van der Waals surface area contributed by atoms with Gasteiger partial charge in [0, 0.05) is 19.5 Å². The van der Waals surface area contributed by atoms with Crippen LogP contribution >= 0.6 is 0 Å². The largest absolute Gasteiger partial charge is 0.490 e. The Bertz CT molecular complexity index is 844. The second-order valence-corrected chi connectivity index (χ2v) is 8.24. The highest BCUT2D eigenvalue weighted by molar-refractivity contribution is 5.89. The van der Waals surface area contributed by atoms with Crippen LogP contribution in [-0.4, -0.2) is 29.4 Å². The molecule has 1 heterocycles. The zero-order valence-electron chi connectivity index (χ0n) is 17.4. The molecule has 30 heavy (non-hydrogen) atoms. The van der Waals surface area contributed by atoms with Crippen LogP contribution in [0.2, 0.25) is 0 Å². The van der Waals surface area contributed by atoms with Gasteiger partial charge in [0.05, 0.1) is 6.10 Å². The standard InChI is InChI=1S/C25H30N2O3/c28-23-12-6-7-17-27(23)24(20-8-2-1-3-9-20)25(29)26-18-19-13-15-22(16-14-19)30-21-10-4-5-11-21/h1-3,8-9,13-16,21,24H,4-7,10-12,17-18H2,(H,26,29). The number of ether oxygens (including phenoxy) is 1. The van der Waals surface area contributed by atoms with Crippen LogP contribution < -0.4 is 10.1 Å². The highest BCUT2D eigenvalue weighted by Crippen LogP contribution is 2.26. The molecule has 4 rings (SSSR count). The molecular formula is C25H30N2O3. The minimum absolute atomic E-state index is 0.0543. The smallest absolute Gasteiger partial charge is 0.247 e. The summed E-state index contributed by atoms with van der Waals surface area (Å²) in [6, 6.07) is 16.9. The highest BCUT2D eigenvalue weighted by Gasteiger charge is 2.32. The maximum atomic E-state index is 13.1. The van der Waals surface area contributed by atoms with Crippen molar-refractivity contribution in [2.45, 2.75) is 63.6 Å². The van der Waals surface area contributed by atoms with Gasteiger partial charge in [-0.05, 0) is 61.8 Å². The Kier molecular flexibility index (Phi) is 6.67. The van der Waals surface area contributed by atoms with Crippen LogP contribution in [0.1, 0.15) is 62.1 Å². The maximum Gasteiger partial charge on any atom is 0.247 e. The first-order valence-electron chi connectivity index (χ1n) is 11.1. The Morgan fingerprint density at radius 1 is 1.00 bits per heavy atom. The Morgan fingerprint density at radius 3 is 2.43 bits per heavy atom. The van der Waals surface area contributed by atoms with Crippen LogP contribution in [0.5, 0.6) is 5.75 Å². The molecule has 5 heteroatoms. The minimum atomic E-state index is -0.580. The number of amides is 2. The number of carbonyl (C=O) groups excluding carboxylic acids is 2. The van der Waals surface area contributed by atoms with E-state index in [1.165, 1.54) is 12.8 Å². The van der Waals surface area contributed by atoms with Crippen molar-refractivity contribution >= 4 is 11.8 Å². The number of likely N-dealkylation sites (tertiary alicyclic amines) is 1. The predicted octanol–water partition coefficient (Wildman–Crippen LogP) is 4.38. The van der Waals surface area contributed by atoms with E-state index in [4.69, 9.17) is 4.74 Å². The Hall–Kier alpha value is -2.82. The zero-order chi connectivity index (χ0) is 20.8. The lowest BCUT2D eigenvalue weighted by Gasteiger charge is -2.34. The molecule has 0 bridgehead atoms. The Labute approximate surface area is 178 Å². The summed E-state index contributed by atoms with van der Waals surface area (Å²) in [5, 5.41) is 3.03. The number of hydrogen-bond acceptors (Lipinski definition) is 3. The molecule has 0 aromatic heterocycles. The number of rotatable bonds is 7. The summed E-state index contributed by atoms with van der Waals surface area (Å²) in [5.74, 6) is 0.805. The fourth-order valence-corrected chi connectivity index (χ4v) is 4.38. The van der Waals surface area contributed by atoms with E-state index < -0.39 is 6.04 Å². The summed E-state index contributed by atoms with van der Waals surface area (Å²) in [6.07, 6.45) is 7.44. The molecule has 2 fully saturated rings. The number of hydrogen-bond donors (Lipinski definition) is 1. The van der Waals surface area contributed by atoms with Crippen LogP contribution in [-0.2, 0) is 16.1 Å². The van der Waals surface area contributed by atoms with E-state index in [1.807, 2.05) is 54.6 Å². The molecule has 1 saturated heterocycles. The predicted molar refractivity (Wildman–Crippen MR) is 116 cm³/mol. The van der Waals surface area contributed by atoms with Crippen LogP contribution in [0.15, 0.2) is 54.6 Å². The van der Waals surface area contributed by atoms with Crippen molar-refractivity contribution in [3.05, 3.63) is 65.7 Å². The Morgan fingerprint density at radius 2 is 1.73 bits per heavy atom. The van der Waals surface area contributed by atoms with Gasteiger partial charge in [-0.25, -0.2) is 0 Å². The number of nitrogens with zero attached hydrogens (tertiary/aromatic N) is 1. The molecule has 2 aromatic carbocycles. The average Bonchev–Trinajstić information content (AvgIpc) is 3.29. The van der Waals surface area contributed by atoms with Gasteiger partial charge in [0.1, 0.15) is 11.8 Å². The lowest BCUT2D eigenvalue weighted by molar-refractivity contribution is -0.142. The second kappa shape index (κ2) is 9.79. The van der Waals surface area contributed by atoms with Gasteiger partial charge >= 0.3 is 0 Å². The molecular weight excluding hydrogens is 376 g/mol. The van der Waals surface area contributed by atoms with E-state index in [9.17, 15) is 9.59 Å². The van der Waals surface area contributed by atoms with Crippen molar-refractivity contribution in [3.8, 4) is 5.75 Å². The molecule has 1 saturated carbocycles. The fraction of sp³-hybridized carbons (Fsp3) is 0.440. The third kappa shape index (κ3) is 5.02. The van der Waals surface area contributed by atoms with Gasteiger partial charge in [0.15, 0.2) is 0 Å². The Balaban J connectivity index is 1.40. The molecule has 1 atom stereocenters. The van der Waals surface area contributed by atoms with E-state index in [0.29, 0.717) is 25.6 Å². The van der Waals surface area contributed by atoms with Gasteiger partial charge in [0.25, 0.3) is 0 Å². The molecule has 5 nitrogen and oxygen atoms in total. The maximum absolute atomic E-state index is 13.1. The van der Waals surface area contributed by atoms with Crippen molar-refractivity contribution in [2.24, 2.45) is 0 Å². The molecule has 0 radical (unpaired) electrons. The van der Waals surface area contributed by atoms with Gasteiger partial charge < -0.3 is 15.0 Å². The molecule has 2 aromatic rings. The van der Waals surface area contributed by atoms with Gasteiger partial charge in [-0.2, -0.15) is 0 Å². The van der Waals surface area contributed by atoms with Gasteiger partial charge in [-0.3, -0.25) is 9.59 Å². The molecule has 1 unspecified atom stereocenters. The van der Waals surface area contributed by atoms with Crippen molar-refractivity contribution in [2.75, 3.05) is 6.54 Å². The van der Waals surface area contributed by atoms with Crippen LogP contribution in [0, 0.1) is 0 Å². The van der Waals surface area contributed by atoms with Crippen molar-refractivity contribution in [3.63, 3.8) is 0 Å². The number of benzene rings is 2. The lowest BCUT2D eigenvalue weighted by Crippen LogP contribution is -2.45. The fourth-order valence-electron chi connectivity index (χ4n) is 4.38. The van der Waals surface area contributed by atoms with Crippen LogP contribution in [0.4, 0.5) is 0 Å². The summed E-state index contributed by atoms with van der Waals surface area (Å²) < 4.78 is 6.01. The summed E-state index contributed by atoms with van der Waals surface area (Å²) >= 11 is 0. The minimum Gasteiger partial charge on any atom is -0.490 e. The first-order chi connectivity index (χ1) is 14.7. The van der Waals surface area contributed by atoms with Gasteiger partial charge in [-0.1, -0.05) is 42.5 Å². The topological polar surface area (TPSA) is 58.6 Å². The molecule has 2 aliphatic rings. The molecule has 2 amide bonds. The molecule has 1 N–H and O–H groups in total. The number of nitrogens with one attached hydrogen (secondary N) is 1. The van der Waals surface area contributed by atoms with Crippen LogP contribution in [0.25, 0.3) is 0 Å². The summed E-state index contributed by atoms with van der Waals surface area (Å²) in [7, 11) is 0. The van der Waals surface area contributed by atoms with E-state index >= 15 is 0 Å². The normalized spacial score (nSPS) is 18.3. The van der Waals surface area contributed by atoms with E-state index in [1.54, 1.807) is 4.90 Å². The highest BCUT2D eigenvalue weighted by atomic mass is 16.5. The van der Waals surface area contributed by atoms with Crippen molar-refractivity contribution in [1.82, 2.24) is 10.2 Å². The first kappa shape index (κ1) is 20.5. The average molecular weight is 407 g/mol. The monoisotopic (exact) mass is 406 g/mol. The lowest BCUT2D eigenvalue weighted by atomic mass is 10.0. The second-order valence-electron chi connectivity index (χ2n) is 8.24. The first-order valence-corrected chi connectivity index (χ1v) is 11.1.